The molecule has 0 unspecified atom stereocenters. The van der Waals surface area contributed by atoms with E-state index in [0.29, 0.717) is 17.6 Å². The molecule has 2 amide bonds. The molecule has 2 aliphatic heterocycles. The average molecular weight is 392 g/mol. The van der Waals surface area contributed by atoms with E-state index >= 15 is 0 Å². The molecule has 7 nitrogen and oxygen atoms in total. The summed E-state index contributed by atoms with van der Waals surface area (Å²) in [5, 5.41) is 13.4. The number of piperidine rings is 1. The van der Waals surface area contributed by atoms with Crippen LogP contribution in [0.3, 0.4) is 0 Å². The Hall–Kier alpha value is -1.70. The summed E-state index contributed by atoms with van der Waals surface area (Å²) in [6, 6.07) is 0.377. The fourth-order valence-corrected chi connectivity index (χ4v) is 5.31. The molecule has 1 aliphatic carbocycles. The topological polar surface area (TPSA) is 78.4 Å². The summed E-state index contributed by atoms with van der Waals surface area (Å²) in [6.07, 6.45) is 10.6. The lowest BCUT2D eigenvalue weighted by atomic mass is 9.95. The quantitative estimate of drug-likeness (QED) is 0.799. The van der Waals surface area contributed by atoms with E-state index in [9.17, 15) is 9.59 Å². The number of carbonyl (C=O) groups excluding carboxylic acids is 2. The number of carbonyl (C=O) groups is 2. The molecule has 3 heterocycles. The van der Waals surface area contributed by atoms with Crippen LogP contribution in [0.4, 0.5) is 10.3 Å². The van der Waals surface area contributed by atoms with Crippen molar-refractivity contribution in [1.29, 1.82) is 0 Å². The molecule has 1 aromatic rings. The Balaban J connectivity index is 1.28. The zero-order valence-corrected chi connectivity index (χ0v) is 16.7. The number of hydrogen-bond acceptors (Lipinski definition) is 6. The highest BCUT2D eigenvalue weighted by Gasteiger charge is 2.30. The van der Waals surface area contributed by atoms with Crippen molar-refractivity contribution in [1.82, 2.24) is 15.5 Å². The molecule has 0 atom stereocenters. The van der Waals surface area contributed by atoms with Crippen LogP contribution in [0.1, 0.15) is 64.2 Å². The summed E-state index contributed by atoms with van der Waals surface area (Å²) in [7, 11) is 0. The van der Waals surface area contributed by atoms with Crippen LogP contribution in [0.25, 0.3) is 0 Å². The third-order valence-electron chi connectivity index (χ3n) is 6.05. The molecule has 3 fully saturated rings. The molecule has 2 saturated heterocycles. The Labute approximate surface area is 164 Å². The molecule has 1 aromatic heterocycles. The third kappa shape index (κ3) is 4.42. The van der Waals surface area contributed by atoms with Crippen LogP contribution in [0, 0.1) is 5.92 Å². The van der Waals surface area contributed by atoms with Crippen molar-refractivity contribution in [3.63, 3.8) is 0 Å². The molecule has 0 spiro atoms. The Kier molecular flexibility index (Phi) is 5.90. The standard InChI is InChI=1S/C19H29N5O2S/c25-16-8-5-11-24(16)19-22-21-18(27-19)23-12-9-14(10-13-23)17(26)20-15-6-3-1-2-4-7-15/h14-15H,1-13H2,(H,20,26). The molecule has 0 radical (unpaired) electrons. The molecule has 4 rings (SSSR count). The van der Waals surface area contributed by atoms with Gasteiger partial charge in [-0.15, -0.1) is 10.2 Å². The van der Waals surface area contributed by atoms with Gasteiger partial charge in [-0.1, -0.05) is 37.0 Å². The van der Waals surface area contributed by atoms with E-state index in [-0.39, 0.29) is 17.7 Å². The molecule has 148 valence electrons. The number of nitrogens with one attached hydrogen (secondary N) is 1. The van der Waals surface area contributed by atoms with Crippen LogP contribution < -0.4 is 15.1 Å². The van der Waals surface area contributed by atoms with Gasteiger partial charge in [0.05, 0.1) is 0 Å². The molecular formula is C19H29N5O2S. The smallest absolute Gasteiger partial charge is 0.228 e. The van der Waals surface area contributed by atoms with Gasteiger partial charge >= 0.3 is 0 Å². The Bertz CT molecular complexity index is 663. The van der Waals surface area contributed by atoms with Gasteiger partial charge in [0.1, 0.15) is 0 Å². The second-order valence-electron chi connectivity index (χ2n) is 7.97. The van der Waals surface area contributed by atoms with E-state index < -0.39 is 0 Å². The largest absolute Gasteiger partial charge is 0.353 e. The Morgan fingerprint density at radius 2 is 1.63 bits per heavy atom. The fourth-order valence-electron chi connectivity index (χ4n) is 4.37. The zero-order valence-electron chi connectivity index (χ0n) is 15.9. The first-order valence-electron chi connectivity index (χ1n) is 10.4. The first-order valence-corrected chi connectivity index (χ1v) is 11.2. The highest BCUT2D eigenvalue weighted by atomic mass is 32.1. The number of rotatable bonds is 4. The van der Waals surface area contributed by atoms with E-state index in [1.165, 1.54) is 37.0 Å². The predicted octanol–water partition coefficient (Wildman–Crippen LogP) is 2.72. The minimum absolute atomic E-state index is 0.108. The monoisotopic (exact) mass is 391 g/mol. The summed E-state index contributed by atoms with van der Waals surface area (Å²) in [5.74, 6) is 0.491. The number of aromatic nitrogens is 2. The molecule has 0 aromatic carbocycles. The normalized spacial score (nSPS) is 22.9. The minimum Gasteiger partial charge on any atom is -0.353 e. The molecule has 1 saturated carbocycles. The van der Waals surface area contributed by atoms with Gasteiger partial charge in [-0.3, -0.25) is 14.5 Å². The Morgan fingerprint density at radius 1 is 0.926 bits per heavy atom. The van der Waals surface area contributed by atoms with E-state index in [4.69, 9.17) is 0 Å². The number of anilines is 2. The van der Waals surface area contributed by atoms with Gasteiger partial charge in [0.15, 0.2) is 0 Å². The van der Waals surface area contributed by atoms with Gasteiger partial charge in [0.2, 0.25) is 22.1 Å². The lowest BCUT2D eigenvalue weighted by Crippen LogP contribution is -2.43. The zero-order chi connectivity index (χ0) is 18.6. The van der Waals surface area contributed by atoms with Crippen molar-refractivity contribution in [3.8, 4) is 0 Å². The summed E-state index contributed by atoms with van der Waals surface area (Å²) < 4.78 is 0. The minimum atomic E-state index is 0.108. The molecule has 8 heteroatoms. The number of nitrogens with zero attached hydrogens (tertiary/aromatic N) is 4. The maximum absolute atomic E-state index is 12.6. The van der Waals surface area contributed by atoms with Gasteiger partial charge in [0, 0.05) is 38.0 Å². The highest BCUT2D eigenvalue weighted by molar-refractivity contribution is 7.19. The van der Waals surface area contributed by atoms with Crippen LogP contribution >= 0.6 is 11.3 Å². The van der Waals surface area contributed by atoms with Crippen molar-refractivity contribution in [3.05, 3.63) is 0 Å². The molecule has 3 aliphatic rings. The van der Waals surface area contributed by atoms with Crippen molar-refractivity contribution >= 4 is 33.4 Å². The molecule has 27 heavy (non-hydrogen) atoms. The van der Waals surface area contributed by atoms with Crippen LogP contribution in [0.2, 0.25) is 0 Å². The number of hydrogen-bond donors (Lipinski definition) is 1. The van der Waals surface area contributed by atoms with Gasteiger partial charge in [-0.2, -0.15) is 0 Å². The van der Waals surface area contributed by atoms with Crippen LogP contribution in [-0.2, 0) is 9.59 Å². The fraction of sp³-hybridized carbons (Fsp3) is 0.789. The van der Waals surface area contributed by atoms with E-state index in [1.54, 1.807) is 4.90 Å². The Morgan fingerprint density at radius 3 is 2.30 bits per heavy atom. The second-order valence-corrected chi connectivity index (χ2v) is 8.91. The van der Waals surface area contributed by atoms with E-state index in [1.807, 2.05) is 0 Å². The van der Waals surface area contributed by atoms with Crippen LogP contribution in [0.5, 0.6) is 0 Å². The van der Waals surface area contributed by atoms with Crippen molar-refractivity contribution in [2.24, 2.45) is 5.92 Å². The summed E-state index contributed by atoms with van der Waals surface area (Å²) in [5.41, 5.74) is 0. The second kappa shape index (κ2) is 8.54. The maximum Gasteiger partial charge on any atom is 0.228 e. The van der Waals surface area contributed by atoms with Crippen molar-refractivity contribution < 1.29 is 9.59 Å². The lowest BCUT2D eigenvalue weighted by molar-refractivity contribution is -0.126. The molecule has 1 N–H and O–H groups in total. The molecular weight excluding hydrogens is 362 g/mol. The van der Waals surface area contributed by atoms with Crippen LogP contribution in [-0.4, -0.2) is 47.7 Å². The van der Waals surface area contributed by atoms with Crippen LogP contribution in [0.15, 0.2) is 0 Å². The van der Waals surface area contributed by atoms with E-state index in [0.717, 1.165) is 56.9 Å². The number of amides is 2. The predicted molar refractivity (Wildman–Crippen MR) is 106 cm³/mol. The first kappa shape index (κ1) is 18.7. The van der Waals surface area contributed by atoms with E-state index in [2.05, 4.69) is 20.4 Å². The summed E-state index contributed by atoms with van der Waals surface area (Å²) in [4.78, 5) is 28.5. The van der Waals surface area contributed by atoms with Gasteiger partial charge in [0.25, 0.3) is 0 Å². The van der Waals surface area contributed by atoms with Gasteiger partial charge in [-0.25, -0.2) is 0 Å². The molecule has 0 bridgehead atoms. The SMILES string of the molecule is O=C(NC1CCCCCC1)C1CCN(c2nnc(N3CCCC3=O)s2)CC1. The van der Waals surface area contributed by atoms with Gasteiger partial charge < -0.3 is 10.2 Å². The maximum atomic E-state index is 12.6. The van der Waals surface area contributed by atoms with Gasteiger partial charge in [-0.05, 0) is 32.1 Å². The summed E-state index contributed by atoms with van der Waals surface area (Å²) >= 11 is 1.49. The average Bonchev–Trinajstić information content (AvgIpc) is 3.25. The first-order chi connectivity index (χ1) is 13.2. The summed E-state index contributed by atoms with van der Waals surface area (Å²) in [6.45, 7) is 2.40. The van der Waals surface area contributed by atoms with Crippen molar-refractivity contribution in [2.45, 2.75) is 70.3 Å². The third-order valence-corrected chi connectivity index (χ3v) is 7.05. The highest BCUT2D eigenvalue weighted by Crippen LogP contribution is 2.32. The van der Waals surface area contributed by atoms with Crippen molar-refractivity contribution in [2.75, 3.05) is 29.4 Å². The lowest BCUT2D eigenvalue weighted by Gasteiger charge is -2.31.